The second kappa shape index (κ2) is 7.13. The Balaban J connectivity index is 2.67. The number of hydrogen-bond acceptors (Lipinski definition) is 6. The monoisotopic (exact) mass is 346 g/mol. The molecule has 0 aliphatic carbocycles. The molecule has 8 nitrogen and oxygen atoms in total. The molecule has 2 aromatic heterocycles. The number of nitriles is 1. The minimum Gasteiger partial charge on any atom is -0.460 e. The molecule has 0 radical (unpaired) electrons. The molecule has 0 atom stereocenters. The topological polar surface area (TPSA) is 105 Å². The molecule has 0 fully saturated rings. The number of imidazole rings is 1. The van der Waals surface area contributed by atoms with E-state index in [9.17, 15) is 13.2 Å². The summed E-state index contributed by atoms with van der Waals surface area (Å²) in [6.07, 6.45) is 6.68. The van der Waals surface area contributed by atoms with Crippen LogP contribution in [-0.4, -0.2) is 47.8 Å². The third kappa shape index (κ3) is 3.08. The smallest absolute Gasteiger partial charge is 0.374 e. The van der Waals surface area contributed by atoms with Crippen molar-refractivity contribution >= 4 is 21.5 Å². The SMILES string of the molecule is C#CCN(CC#N)S(=O)(=O)c1nc(C(=O)OCC)n2ccccc12. The van der Waals surface area contributed by atoms with E-state index in [1.54, 1.807) is 25.1 Å². The number of aromatic nitrogens is 2. The third-order valence-corrected chi connectivity index (χ3v) is 4.80. The highest BCUT2D eigenvalue weighted by atomic mass is 32.2. The van der Waals surface area contributed by atoms with Crippen molar-refractivity contribution in [3.8, 4) is 18.4 Å². The van der Waals surface area contributed by atoms with Gasteiger partial charge in [-0.3, -0.25) is 4.40 Å². The van der Waals surface area contributed by atoms with Gasteiger partial charge in [-0.1, -0.05) is 12.0 Å². The first kappa shape index (κ1) is 17.5. The van der Waals surface area contributed by atoms with Crippen molar-refractivity contribution in [3.63, 3.8) is 0 Å². The highest BCUT2D eigenvalue weighted by molar-refractivity contribution is 7.89. The first-order chi connectivity index (χ1) is 11.5. The van der Waals surface area contributed by atoms with E-state index in [2.05, 4.69) is 10.9 Å². The van der Waals surface area contributed by atoms with Crippen molar-refractivity contribution in [2.75, 3.05) is 19.7 Å². The van der Waals surface area contributed by atoms with Gasteiger partial charge in [-0.2, -0.15) is 9.57 Å². The number of fused-ring (bicyclic) bond motifs is 1. The molecule has 0 bridgehead atoms. The molecule has 0 spiro atoms. The zero-order valence-electron chi connectivity index (χ0n) is 12.8. The van der Waals surface area contributed by atoms with Gasteiger partial charge in [-0.15, -0.1) is 6.42 Å². The van der Waals surface area contributed by atoms with Crippen LogP contribution < -0.4 is 0 Å². The van der Waals surface area contributed by atoms with Crippen LogP contribution in [0, 0.1) is 23.7 Å². The van der Waals surface area contributed by atoms with Crippen LogP contribution in [0.1, 0.15) is 17.5 Å². The number of nitrogens with zero attached hydrogens (tertiary/aromatic N) is 4. The molecule has 124 valence electrons. The minimum atomic E-state index is -4.15. The summed E-state index contributed by atoms with van der Waals surface area (Å²) in [4.78, 5) is 16.0. The molecule has 0 N–H and O–H groups in total. The van der Waals surface area contributed by atoms with Gasteiger partial charge < -0.3 is 4.74 Å². The van der Waals surface area contributed by atoms with E-state index in [1.807, 2.05) is 0 Å². The Hall–Kier alpha value is -2.88. The van der Waals surface area contributed by atoms with Crippen LogP contribution in [0.25, 0.3) is 5.52 Å². The van der Waals surface area contributed by atoms with E-state index in [0.29, 0.717) is 0 Å². The van der Waals surface area contributed by atoms with Crippen molar-refractivity contribution in [3.05, 3.63) is 30.2 Å². The number of carbonyl (C=O) groups is 1. The van der Waals surface area contributed by atoms with Crippen LogP contribution in [-0.2, 0) is 14.8 Å². The molecule has 0 aromatic carbocycles. The van der Waals surface area contributed by atoms with E-state index < -0.39 is 22.5 Å². The first-order valence-corrected chi connectivity index (χ1v) is 8.36. The lowest BCUT2D eigenvalue weighted by atomic mass is 10.4. The maximum atomic E-state index is 12.8. The van der Waals surface area contributed by atoms with Crippen LogP contribution in [0.5, 0.6) is 0 Å². The summed E-state index contributed by atoms with van der Waals surface area (Å²) >= 11 is 0. The van der Waals surface area contributed by atoms with Gasteiger partial charge in [0.15, 0.2) is 5.03 Å². The number of hydrogen-bond donors (Lipinski definition) is 0. The molecule has 0 amide bonds. The van der Waals surface area contributed by atoms with Gasteiger partial charge in [0.25, 0.3) is 10.0 Å². The van der Waals surface area contributed by atoms with Gasteiger partial charge in [0, 0.05) is 6.20 Å². The summed E-state index contributed by atoms with van der Waals surface area (Å²) in [6.45, 7) is 1.05. The second-order valence-electron chi connectivity index (χ2n) is 4.55. The maximum absolute atomic E-state index is 12.8. The summed E-state index contributed by atoms with van der Waals surface area (Å²) in [7, 11) is -4.15. The Kier molecular flexibility index (Phi) is 5.19. The molecule has 0 unspecified atom stereocenters. The fraction of sp³-hybridized carbons (Fsp3) is 0.267. The molecule has 24 heavy (non-hydrogen) atoms. The number of rotatable bonds is 6. The Labute approximate surface area is 139 Å². The van der Waals surface area contributed by atoms with Gasteiger partial charge in [-0.05, 0) is 19.1 Å². The summed E-state index contributed by atoms with van der Waals surface area (Å²) in [6, 6.07) is 6.49. The van der Waals surface area contributed by atoms with Gasteiger partial charge in [0.1, 0.15) is 6.54 Å². The molecule has 9 heteroatoms. The van der Waals surface area contributed by atoms with Crippen LogP contribution in [0.3, 0.4) is 0 Å². The van der Waals surface area contributed by atoms with Crippen molar-refractivity contribution < 1.29 is 17.9 Å². The number of sulfonamides is 1. The number of pyridine rings is 1. The molecule has 2 aromatic rings. The third-order valence-electron chi connectivity index (χ3n) is 3.07. The Bertz CT molecular complexity index is 934. The van der Waals surface area contributed by atoms with E-state index in [1.165, 1.54) is 16.7 Å². The van der Waals surface area contributed by atoms with Crippen molar-refractivity contribution in [2.24, 2.45) is 0 Å². The molecule has 0 saturated heterocycles. The highest BCUT2D eigenvalue weighted by Crippen LogP contribution is 2.22. The lowest BCUT2D eigenvalue weighted by Crippen LogP contribution is -2.32. The average molecular weight is 346 g/mol. The fourth-order valence-electron chi connectivity index (χ4n) is 2.07. The van der Waals surface area contributed by atoms with E-state index in [4.69, 9.17) is 16.4 Å². The molecule has 2 heterocycles. The second-order valence-corrected chi connectivity index (χ2v) is 6.41. The van der Waals surface area contributed by atoms with E-state index >= 15 is 0 Å². The molecule has 0 saturated carbocycles. The van der Waals surface area contributed by atoms with Gasteiger partial charge in [-0.25, -0.2) is 18.2 Å². The number of esters is 1. The van der Waals surface area contributed by atoms with E-state index in [0.717, 1.165) is 4.31 Å². The lowest BCUT2D eigenvalue weighted by Gasteiger charge is -2.14. The minimum absolute atomic E-state index is 0.125. The average Bonchev–Trinajstić information content (AvgIpc) is 2.95. The molecule has 0 aliphatic rings. The summed E-state index contributed by atoms with van der Waals surface area (Å²) in [5.74, 6) is 1.29. The standard InChI is InChI=1S/C15H14N4O4S/c1-3-9-18(11-8-16)24(21,22)14-12-7-5-6-10-19(12)13(17-14)15(20)23-4-2/h1,5-7,10H,4,9,11H2,2H3. The lowest BCUT2D eigenvalue weighted by molar-refractivity contribution is 0.0511. The number of ether oxygens (including phenoxy) is 1. The van der Waals surface area contributed by atoms with E-state index in [-0.39, 0.29) is 29.5 Å². The molecular weight excluding hydrogens is 332 g/mol. The normalized spacial score (nSPS) is 11.2. The van der Waals surface area contributed by atoms with Crippen LogP contribution >= 0.6 is 0 Å². The van der Waals surface area contributed by atoms with Gasteiger partial charge in [0.05, 0.1) is 24.7 Å². The molecule has 2 rings (SSSR count). The Morgan fingerprint density at radius 2 is 2.21 bits per heavy atom. The highest BCUT2D eigenvalue weighted by Gasteiger charge is 2.31. The summed E-state index contributed by atoms with van der Waals surface area (Å²) < 4.78 is 32.6. The fourth-order valence-corrected chi connectivity index (χ4v) is 3.42. The maximum Gasteiger partial charge on any atom is 0.374 e. The summed E-state index contributed by atoms with van der Waals surface area (Å²) in [5, 5.41) is 8.48. The summed E-state index contributed by atoms with van der Waals surface area (Å²) in [5.41, 5.74) is 0.195. The zero-order chi connectivity index (χ0) is 17.7. The number of carbonyl (C=O) groups excluding carboxylic acids is 1. The van der Waals surface area contributed by atoms with Crippen LogP contribution in [0.4, 0.5) is 0 Å². The van der Waals surface area contributed by atoms with Gasteiger partial charge >= 0.3 is 5.97 Å². The predicted octanol–water partition coefficient (Wildman–Crippen LogP) is 0.658. The Morgan fingerprint density at radius 1 is 1.46 bits per heavy atom. The zero-order valence-corrected chi connectivity index (χ0v) is 13.7. The molecule has 0 aliphatic heterocycles. The first-order valence-electron chi connectivity index (χ1n) is 6.92. The molecular formula is C15H14N4O4S. The quantitative estimate of drug-likeness (QED) is 0.432. The van der Waals surface area contributed by atoms with Crippen molar-refractivity contribution in [1.29, 1.82) is 5.26 Å². The predicted molar refractivity (Wildman–Crippen MR) is 84.4 cm³/mol. The van der Waals surface area contributed by atoms with Crippen LogP contribution in [0.15, 0.2) is 29.4 Å². The Morgan fingerprint density at radius 3 is 2.83 bits per heavy atom. The van der Waals surface area contributed by atoms with Gasteiger partial charge in [0.2, 0.25) is 5.82 Å². The van der Waals surface area contributed by atoms with Crippen molar-refractivity contribution in [2.45, 2.75) is 11.9 Å². The number of terminal acetylenes is 1. The van der Waals surface area contributed by atoms with Crippen LogP contribution in [0.2, 0.25) is 0 Å². The van der Waals surface area contributed by atoms with Crippen molar-refractivity contribution in [1.82, 2.24) is 13.7 Å². The largest absolute Gasteiger partial charge is 0.460 e.